The number of hydrogen-bond acceptors (Lipinski definition) is 2. The summed E-state index contributed by atoms with van der Waals surface area (Å²) in [4.78, 5) is 14.1. The van der Waals surface area contributed by atoms with Crippen LogP contribution < -0.4 is 10.1 Å². The van der Waals surface area contributed by atoms with Crippen molar-refractivity contribution in [3.05, 3.63) is 65.2 Å². The third-order valence-corrected chi connectivity index (χ3v) is 4.09. The van der Waals surface area contributed by atoms with Gasteiger partial charge in [0, 0.05) is 13.1 Å². The van der Waals surface area contributed by atoms with E-state index in [1.54, 1.807) is 0 Å². The first-order valence-corrected chi connectivity index (χ1v) is 8.01. The van der Waals surface area contributed by atoms with Gasteiger partial charge < -0.3 is 15.0 Å². The molecule has 0 aromatic heterocycles. The highest BCUT2D eigenvalue weighted by molar-refractivity contribution is 5.74. The van der Waals surface area contributed by atoms with Crippen molar-refractivity contribution in [2.24, 2.45) is 0 Å². The molecule has 1 aliphatic heterocycles. The smallest absolute Gasteiger partial charge is 0.317 e. The first-order chi connectivity index (χ1) is 11.2. The van der Waals surface area contributed by atoms with Crippen molar-refractivity contribution >= 4 is 6.03 Å². The Morgan fingerprint density at radius 3 is 2.65 bits per heavy atom. The molecule has 120 valence electrons. The monoisotopic (exact) mass is 310 g/mol. The van der Waals surface area contributed by atoms with Gasteiger partial charge in [-0.15, -0.1) is 0 Å². The summed E-state index contributed by atoms with van der Waals surface area (Å²) in [6.45, 7) is 4.47. The highest BCUT2D eigenvalue weighted by Crippen LogP contribution is 2.18. The van der Waals surface area contributed by atoms with Crippen LogP contribution in [-0.4, -0.2) is 30.6 Å². The van der Waals surface area contributed by atoms with E-state index in [4.69, 9.17) is 4.74 Å². The van der Waals surface area contributed by atoms with Crippen molar-refractivity contribution < 1.29 is 9.53 Å². The molecular formula is C19H22N2O2. The predicted octanol–water partition coefficient (Wildman–Crippen LogP) is 3.14. The Morgan fingerprint density at radius 1 is 1.13 bits per heavy atom. The van der Waals surface area contributed by atoms with Gasteiger partial charge in [-0.1, -0.05) is 42.0 Å². The van der Waals surface area contributed by atoms with Gasteiger partial charge in [0.2, 0.25) is 0 Å². The molecule has 0 aliphatic carbocycles. The van der Waals surface area contributed by atoms with Crippen LogP contribution in [0.25, 0.3) is 0 Å². The van der Waals surface area contributed by atoms with Crippen molar-refractivity contribution in [1.29, 1.82) is 0 Å². The molecule has 2 amide bonds. The first kappa shape index (κ1) is 15.4. The Bertz CT molecular complexity index is 667. The Labute approximate surface area is 137 Å². The predicted molar refractivity (Wildman–Crippen MR) is 90.6 cm³/mol. The van der Waals surface area contributed by atoms with Gasteiger partial charge in [0.15, 0.2) is 0 Å². The summed E-state index contributed by atoms with van der Waals surface area (Å²) in [5.41, 5.74) is 3.79. The van der Waals surface area contributed by atoms with Crippen LogP contribution in [0.1, 0.15) is 16.7 Å². The minimum absolute atomic E-state index is 0.0213. The molecule has 0 fully saturated rings. The molecule has 2 aromatic rings. The van der Waals surface area contributed by atoms with Crippen molar-refractivity contribution in [1.82, 2.24) is 10.2 Å². The van der Waals surface area contributed by atoms with Gasteiger partial charge in [-0.2, -0.15) is 0 Å². The maximum Gasteiger partial charge on any atom is 0.317 e. The van der Waals surface area contributed by atoms with Gasteiger partial charge in [0.05, 0.1) is 6.54 Å². The summed E-state index contributed by atoms with van der Waals surface area (Å²) in [7, 11) is 0. The normalized spacial score (nSPS) is 13.3. The van der Waals surface area contributed by atoms with Gasteiger partial charge >= 0.3 is 6.03 Å². The molecule has 0 saturated carbocycles. The number of nitrogens with zero attached hydrogens (tertiary/aromatic N) is 1. The zero-order valence-corrected chi connectivity index (χ0v) is 13.4. The largest absolute Gasteiger partial charge is 0.492 e. The van der Waals surface area contributed by atoms with E-state index >= 15 is 0 Å². The lowest BCUT2D eigenvalue weighted by molar-refractivity contribution is 0.189. The lowest BCUT2D eigenvalue weighted by Crippen LogP contribution is -2.43. The Hall–Kier alpha value is -2.49. The molecule has 0 bridgehead atoms. The van der Waals surface area contributed by atoms with Crippen LogP contribution in [-0.2, 0) is 13.0 Å². The molecule has 0 radical (unpaired) electrons. The summed E-state index contributed by atoms with van der Waals surface area (Å²) in [6.07, 6.45) is 0.920. The second-order valence-corrected chi connectivity index (χ2v) is 5.83. The van der Waals surface area contributed by atoms with E-state index in [1.807, 2.05) is 42.2 Å². The molecule has 1 aliphatic rings. The van der Waals surface area contributed by atoms with Crippen LogP contribution in [0.2, 0.25) is 0 Å². The van der Waals surface area contributed by atoms with E-state index in [0.29, 0.717) is 19.7 Å². The Balaban J connectivity index is 1.42. The highest BCUT2D eigenvalue weighted by Gasteiger charge is 2.19. The van der Waals surface area contributed by atoms with Crippen molar-refractivity contribution in [2.75, 3.05) is 19.7 Å². The Morgan fingerprint density at radius 2 is 1.87 bits per heavy atom. The number of nitrogens with one attached hydrogen (secondary N) is 1. The molecule has 2 aromatic carbocycles. The zero-order chi connectivity index (χ0) is 16.1. The van der Waals surface area contributed by atoms with Crippen LogP contribution in [0, 0.1) is 6.92 Å². The lowest BCUT2D eigenvalue weighted by Gasteiger charge is -2.28. The summed E-state index contributed by atoms with van der Waals surface area (Å²) < 4.78 is 5.62. The molecule has 1 N–H and O–H groups in total. The standard InChI is InChI=1S/C19H22N2O2/c1-15-6-8-18(9-7-15)23-13-11-20-19(22)21-12-10-16-4-2-3-5-17(16)14-21/h2-9H,10-14H2,1H3,(H,20,22). The van der Waals surface area contributed by atoms with Crippen molar-refractivity contribution in [2.45, 2.75) is 19.9 Å². The van der Waals surface area contributed by atoms with Crippen molar-refractivity contribution in [3.8, 4) is 5.75 Å². The number of carbonyl (C=O) groups is 1. The second-order valence-electron chi connectivity index (χ2n) is 5.83. The SMILES string of the molecule is Cc1ccc(OCCNC(=O)N2CCc3ccccc3C2)cc1. The second kappa shape index (κ2) is 7.18. The van der Waals surface area contributed by atoms with Gasteiger partial charge in [0.25, 0.3) is 0 Å². The summed E-state index contributed by atoms with van der Waals surface area (Å²) in [5, 5.41) is 2.93. The maximum atomic E-state index is 12.2. The van der Waals surface area contributed by atoms with Gasteiger partial charge in [0.1, 0.15) is 12.4 Å². The fourth-order valence-electron chi connectivity index (χ4n) is 2.74. The number of benzene rings is 2. The van der Waals surface area contributed by atoms with E-state index in [9.17, 15) is 4.79 Å². The number of hydrogen-bond donors (Lipinski definition) is 1. The number of amides is 2. The van der Waals surface area contributed by atoms with E-state index in [0.717, 1.165) is 18.7 Å². The third kappa shape index (κ3) is 4.03. The summed E-state index contributed by atoms with van der Waals surface area (Å²) in [5.74, 6) is 0.830. The van der Waals surface area contributed by atoms with E-state index in [2.05, 4.69) is 23.5 Å². The molecule has 4 heteroatoms. The molecule has 0 atom stereocenters. The van der Waals surface area contributed by atoms with E-state index < -0.39 is 0 Å². The average molecular weight is 310 g/mol. The Kier molecular flexibility index (Phi) is 4.81. The van der Waals surface area contributed by atoms with E-state index in [1.165, 1.54) is 16.7 Å². The van der Waals surface area contributed by atoms with Gasteiger partial charge in [-0.05, 0) is 36.6 Å². The van der Waals surface area contributed by atoms with Crippen LogP contribution >= 0.6 is 0 Å². The molecular weight excluding hydrogens is 288 g/mol. The number of fused-ring (bicyclic) bond motifs is 1. The lowest BCUT2D eigenvalue weighted by atomic mass is 10.0. The number of aryl methyl sites for hydroxylation is 1. The number of ether oxygens (including phenoxy) is 1. The molecule has 3 rings (SSSR count). The minimum atomic E-state index is -0.0213. The number of rotatable bonds is 4. The molecule has 4 nitrogen and oxygen atoms in total. The molecule has 0 spiro atoms. The van der Waals surface area contributed by atoms with Crippen molar-refractivity contribution in [3.63, 3.8) is 0 Å². The summed E-state index contributed by atoms with van der Waals surface area (Å²) in [6, 6.07) is 16.2. The molecule has 0 saturated heterocycles. The summed E-state index contributed by atoms with van der Waals surface area (Å²) >= 11 is 0. The fraction of sp³-hybridized carbons (Fsp3) is 0.316. The molecule has 1 heterocycles. The quantitative estimate of drug-likeness (QED) is 0.882. The van der Waals surface area contributed by atoms with E-state index in [-0.39, 0.29) is 6.03 Å². The van der Waals surface area contributed by atoms with Crippen LogP contribution in [0.15, 0.2) is 48.5 Å². The molecule has 23 heavy (non-hydrogen) atoms. The van der Waals surface area contributed by atoms with Crippen LogP contribution in [0.5, 0.6) is 5.75 Å². The minimum Gasteiger partial charge on any atom is -0.492 e. The molecule has 0 unspecified atom stereocenters. The fourth-order valence-corrected chi connectivity index (χ4v) is 2.74. The third-order valence-electron chi connectivity index (χ3n) is 4.09. The van der Waals surface area contributed by atoms with Gasteiger partial charge in [-0.3, -0.25) is 0 Å². The zero-order valence-electron chi connectivity index (χ0n) is 13.4. The number of urea groups is 1. The highest BCUT2D eigenvalue weighted by atomic mass is 16.5. The maximum absolute atomic E-state index is 12.2. The number of carbonyl (C=O) groups excluding carboxylic acids is 1. The first-order valence-electron chi connectivity index (χ1n) is 8.01. The topological polar surface area (TPSA) is 41.6 Å². The van der Waals surface area contributed by atoms with Crippen LogP contribution in [0.4, 0.5) is 4.79 Å². The average Bonchev–Trinajstić information content (AvgIpc) is 2.59. The van der Waals surface area contributed by atoms with Crippen LogP contribution in [0.3, 0.4) is 0 Å². The van der Waals surface area contributed by atoms with Gasteiger partial charge in [-0.25, -0.2) is 4.79 Å².